The molecule has 0 aliphatic carbocycles. The van der Waals surface area contributed by atoms with E-state index in [2.05, 4.69) is 15.9 Å². The van der Waals surface area contributed by atoms with Gasteiger partial charge >= 0.3 is 0 Å². The Balaban J connectivity index is 2.16. The third-order valence-corrected chi connectivity index (χ3v) is 4.65. The number of alkyl halides is 2. The molecule has 0 saturated carbocycles. The van der Waals surface area contributed by atoms with E-state index in [1.54, 1.807) is 6.08 Å². The molecule has 24 heavy (non-hydrogen) atoms. The van der Waals surface area contributed by atoms with Crippen LogP contribution in [0.5, 0.6) is 0 Å². The second-order valence-electron chi connectivity index (χ2n) is 5.35. The maximum atomic E-state index is 14.1. The molecule has 0 radical (unpaired) electrons. The Morgan fingerprint density at radius 3 is 2.46 bits per heavy atom. The van der Waals surface area contributed by atoms with Gasteiger partial charge in [0.15, 0.2) is 0 Å². The maximum absolute atomic E-state index is 14.1. The van der Waals surface area contributed by atoms with Crippen molar-refractivity contribution in [1.82, 2.24) is 0 Å². The van der Waals surface area contributed by atoms with Crippen molar-refractivity contribution in [3.8, 4) is 0 Å². The molecular weight excluding hydrogens is 410 g/mol. The number of nitrogens with zero attached hydrogens (tertiary/aromatic N) is 1. The summed E-state index contributed by atoms with van der Waals surface area (Å²) >= 11 is 9.14. The highest BCUT2D eigenvalue weighted by atomic mass is 79.9. The number of rotatable bonds is 3. The minimum absolute atomic E-state index is 0.0566. The van der Waals surface area contributed by atoms with Crippen molar-refractivity contribution in [1.29, 1.82) is 0 Å². The summed E-state index contributed by atoms with van der Waals surface area (Å²) in [7, 11) is 0. The molecule has 2 aromatic carbocycles. The highest BCUT2D eigenvalue weighted by Crippen LogP contribution is 2.41. The third kappa shape index (κ3) is 3.17. The minimum atomic E-state index is -2.89. The highest BCUT2D eigenvalue weighted by Gasteiger charge is 2.34. The van der Waals surface area contributed by atoms with Crippen LogP contribution in [0.25, 0.3) is 6.08 Å². The SMILES string of the molecule is Fc1cc2c(cc1Br)C=C(Cl)CN2[C@@H](c1ccccc1F)C(F)F. The molecule has 0 spiro atoms. The molecule has 0 amide bonds. The van der Waals surface area contributed by atoms with E-state index in [1.165, 1.54) is 29.2 Å². The van der Waals surface area contributed by atoms with Crippen LogP contribution in [-0.2, 0) is 0 Å². The van der Waals surface area contributed by atoms with Crippen LogP contribution in [0, 0.1) is 11.6 Å². The van der Waals surface area contributed by atoms with E-state index < -0.39 is 24.1 Å². The van der Waals surface area contributed by atoms with Gasteiger partial charge in [0.1, 0.15) is 17.7 Å². The third-order valence-electron chi connectivity index (χ3n) is 3.81. The number of halogens is 6. The number of fused-ring (bicyclic) bond motifs is 1. The van der Waals surface area contributed by atoms with Gasteiger partial charge in [-0.1, -0.05) is 29.8 Å². The molecule has 0 aromatic heterocycles. The van der Waals surface area contributed by atoms with Gasteiger partial charge in [-0.05, 0) is 40.2 Å². The van der Waals surface area contributed by atoms with E-state index in [4.69, 9.17) is 11.6 Å². The molecule has 3 rings (SSSR count). The summed E-state index contributed by atoms with van der Waals surface area (Å²) in [6.07, 6.45) is -1.30. The van der Waals surface area contributed by atoms with Crippen LogP contribution in [0.1, 0.15) is 17.2 Å². The van der Waals surface area contributed by atoms with Crippen molar-refractivity contribution in [3.05, 3.63) is 68.7 Å². The van der Waals surface area contributed by atoms with E-state index >= 15 is 0 Å². The van der Waals surface area contributed by atoms with E-state index in [-0.39, 0.29) is 22.3 Å². The average Bonchev–Trinajstić information content (AvgIpc) is 2.51. The van der Waals surface area contributed by atoms with Crippen molar-refractivity contribution in [2.75, 3.05) is 11.4 Å². The fourth-order valence-corrected chi connectivity index (χ4v) is 3.39. The summed E-state index contributed by atoms with van der Waals surface area (Å²) in [5.74, 6) is -1.33. The van der Waals surface area contributed by atoms with E-state index in [9.17, 15) is 17.6 Å². The zero-order valence-electron chi connectivity index (χ0n) is 12.1. The first kappa shape index (κ1) is 17.3. The minimum Gasteiger partial charge on any atom is -0.353 e. The molecule has 0 fully saturated rings. The molecular formula is C17H11BrClF4N. The summed E-state index contributed by atoms with van der Waals surface area (Å²) in [5, 5.41) is 0.308. The largest absolute Gasteiger partial charge is 0.353 e. The van der Waals surface area contributed by atoms with Crippen LogP contribution in [0.4, 0.5) is 23.2 Å². The Labute approximate surface area is 149 Å². The van der Waals surface area contributed by atoms with E-state index in [0.29, 0.717) is 10.6 Å². The number of hydrogen-bond donors (Lipinski definition) is 0. The van der Waals surface area contributed by atoms with Crippen molar-refractivity contribution < 1.29 is 17.6 Å². The molecule has 1 heterocycles. The van der Waals surface area contributed by atoms with Crippen LogP contribution >= 0.6 is 27.5 Å². The average molecular weight is 421 g/mol. The number of benzene rings is 2. The van der Waals surface area contributed by atoms with E-state index in [1.807, 2.05) is 0 Å². The van der Waals surface area contributed by atoms with Gasteiger partial charge in [-0.2, -0.15) is 0 Å². The zero-order chi connectivity index (χ0) is 17.4. The van der Waals surface area contributed by atoms with Gasteiger partial charge in [-0.3, -0.25) is 0 Å². The predicted molar refractivity (Wildman–Crippen MR) is 90.4 cm³/mol. The lowest BCUT2D eigenvalue weighted by Crippen LogP contribution is -2.37. The predicted octanol–water partition coefficient (Wildman–Crippen LogP) is 6.13. The molecule has 0 bridgehead atoms. The quantitative estimate of drug-likeness (QED) is 0.540. The molecule has 1 atom stereocenters. The normalized spacial score (nSPS) is 15.3. The Bertz CT molecular complexity index is 809. The molecule has 0 unspecified atom stereocenters. The second-order valence-corrected chi connectivity index (χ2v) is 6.68. The Morgan fingerprint density at radius 2 is 1.79 bits per heavy atom. The van der Waals surface area contributed by atoms with Gasteiger partial charge in [0, 0.05) is 21.8 Å². The van der Waals surface area contributed by atoms with Crippen molar-refractivity contribution in [2.24, 2.45) is 0 Å². The van der Waals surface area contributed by atoms with Crippen molar-refractivity contribution in [3.63, 3.8) is 0 Å². The molecule has 1 aliphatic heterocycles. The second kappa shape index (κ2) is 6.76. The van der Waals surface area contributed by atoms with Gasteiger partial charge in [0.05, 0.1) is 11.0 Å². The summed E-state index contributed by atoms with van der Waals surface area (Å²) in [6, 6.07) is 6.36. The van der Waals surface area contributed by atoms with Crippen LogP contribution in [-0.4, -0.2) is 13.0 Å². The molecule has 126 valence electrons. The topological polar surface area (TPSA) is 3.24 Å². The lowest BCUT2D eigenvalue weighted by atomic mass is 10.00. The Hall–Kier alpha value is -1.53. The summed E-state index contributed by atoms with van der Waals surface area (Å²) in [5.41, 5.74) is 0.573. The zero-order valence-corrected chi connectivity index (χ0v) is 14.5. The first-order valence-electron chi connectivity index (χ1n) is 7.03. The molecule has 0 N–H and O–H groups in total. The van der Waals surface area contributed by atoms with Crippen LogP contribution in [0.3, 0.4) is 0 Å². The lowest BCUT2D eigenvalue weighted by molar-refractivity contribution is 0.111. The van der Waals surface area contributed by atoms with Gasteiger partial charge in [-0.25, -0.2) is 17.6 Å². The summed E-state index contributed by atoms with van der Waals surface area (Å²) in [4.78, 5) is 1.23. The lowest BCUT2D eigenvalue weighted by Gasteiger charge is -2.37. The first-order chi connectivity index (χ1) is 11.4. The van der Waals surface area contributed by atoms with Crippen LogP contribution in [0.15, 0.2) is 45.9 Å². The first-order valence-corrected chi connectivity index (χ1v) is 8.20. The number of hydrogen-bond acceptors (Lipinski definition) is 1. The van der Waals surface area contributed by atoms with Gasteiger partial charge in [-0.15, -0.1) is 0 Å². The Kier molecular flexibility index (Phi) is 4.88. The molecule has 1 nitrogen and oxygen atoms in total. The van der Waals surface area contributed by atoms with E-state index in [0.717, 1.165) is 12.1 Å². The van der Waals surface area contributed by atoms with Gasteiger partial charge < -0.3 is 4.90 Å². The maximum Gasteiger partial charge on any atom is 0.262 e. The molecule has 7 heteroatoms. The fourth-order valence-electron chi connectivity index (χ4n) is 2.78. The van der Waals surface area contributed by atoms with Gasteiger partial charge in [0.25, 0.3) is 6.43 Å². The summed E-state index contributed by atoms with van der Waals surface area (Å²) < 4.78 is 55.8. The van der Waals surface area contributed by atoms with Crippen LogP contribution < -0.4 is 4.90 Å². The van der Waals surface area contributed by atoms with Crippen molar-refractivity contribution in [2.45, 2.75) is 12.5 Å². The molecule has 1 aliphatic rings. The van der Waals surface area contributed by atoms with Crippen molar-refractivity contribution >= 4 is 39.3 Å². The molecule has 2 aromatic rings. The van der Waals surface area contributed by atoms with Crippen LogP contribution in [0.2, 0.25) is 0 Å². The van der Waals surface area contributed by atoms with Gasteiger partial charge in [0.2, 0.25) is 0 Å². The number of anilines is 1. The molecule has 0 saturated heterocycles. The monoisotopic (exact) mass is 419 g/mol. The fraction of sp³-hybridized carbons (Fsp3) is 0.176. The standard InChI is InChI=1S/C17H11BrClF4N/c18-12-6-9-5-10(19)8-24(15(9)7-14(12)21)16(17(22)23)11-3-1-2-4-13(11)20/h1-7,16-17H,8H2/t16-/m0/s1. The highest BCUT2D eigenvalue weighted by molar-refractivity contribution is 9.10. The summed E-state index contributed by atoms with van der Waals surface area (Å²) in [6.45, 7) is -0.0566. The smallest absolute Gasteiger partial charge is 0.262 e. The Morgan fingerprint density at radius 1 is 1.08 bits per heavy atom.